The number of hydrogen-bond acceptors (Lipinski definition) is 4. The predicted octanol–water partition coefficient (Wildman–Crippen LogP) is 1.16. The van der Waals surface area contributed by atoms with E-state index in [1.54, 1.807) is 0 Å². The third-order valence-corrected chi connectivity index (χ3v) is 5.14. The molecule has 0 amide bonds. The number of methoxy groups -OCH3 is 1. The standard InChI is InChI=1S/C13H18F2N2O3S/c1-13(15)8-16-5-6-17(9-13)21(18,19)10-3-4-11(14)12(7-10)20-2/h3-4,7,16H,5-6,8-9H2,1-2H3. The van der Waals surface area contributed by atoms with Gasteiger partial charge in [0.1, 0.15) is 5.67 Å². The van der Waals surface area contributed by atoms with Gasteiger partial charge in [0.2, 0.25) is 10.0 Å². The van der Waals surface area contributed by atoms with E-state index < -0.39 is 21.5 Å². The van der Waals surface area contributed by atoms with Crippen LogP contribution in [0.5, 0.6) is 5.75 Å². The number of hydrogen-bond donors (Lipinski definition) is 1. The van der Waals surface area contributed by atoms with E-state index in [1.807, 2.05) is 0 Å². The molecule has 8 heteroatoms. The fourth-order valence-electron chi connectivity index (χ4n) is 2.21. The van der Waals surface area contributed by atoms with E-state index in [9.17, 15) is 17.2 Å². The van der Waals surface area contributed by atoms with Gasteiger partial charge >= 0.3 is 0 Å². The Balaban J connectivity index is 2.36. The molecule has 1 heterocycles. The van der Waals surface area contributed by atoms with Crippen molar-refractivity contribution in [2.75, 3.05) is 33.3 Å². The zero-order valence-electron chi connectivity index (χ0n) is 11.9. The highest BCUT2D eigenvalue weighted by Crippen LogP contribution is 2.26. The van der Waals surface area contributed by atoms with E-state index in [1.165, 1.54) is 14.0 Å². The second-order valence-corrected chi connectivity index (χ2v) is 7.16. The summed E-state index contributed by atoms with van der Waals surface area (Å²) in [5, 5.41) is 2.86. The van der Waals surface area contributed by atoms with Gasteiger partial charge in [0, 0.05) is 32.2 Å². The number of halogens is 2. The summed E-state index contributed by atoms with van der Waals surface area (Å²) in [5.41, 5.74) is -1.66. The number of benzene rings is 1. The third-order valence-electron chi connectivity index (χ3n) is 3.30. The van der Waals surface area contributed by atoms with Crippen LogP contribution in [0.1, 0.15) is 6.92 Å². The molecule has 5 nitrogen and oxygen atoms in total. The molecule has 21 heavy (non-hydrogen) atoms. The van der Waals surface area contributed by atoms with Crippen molar-refractivity contribution in [3.05, 3.63) is 24.0 Å². The van der Waals surface area contributed by atoms with Gasteiger partial charge in [0.15, 0.2) is 11.6 Å². The van der Waals surface area contributed by atoms with Crippen LogP contribution in [-0.4, -0.2) is 51.7 Å². The molecule has 1 atom stereocenters. The Bertz CT molecular complexity index is 620. The smallest absolute Gasteiger partial charge is 0.243 e. The second kappa shape index (κ2) is 5.86. The maximum atomic E-state index is 14.2. The molecular weight excluding hydrogens is 302 g/mol. The molecule has 0 aliphatic carbocycles. The lowest BCUT2D eigenvalue weighted by Crippen LogP contribution is -2.42. The van der Waals surface area contributed by atoms with Crippen molar-refractivity contribution in [1.29, 1.82) is 0 Å². The summed E-state index contributed by atoms with van der Waals surface area (Å²) in [7, 11) is -2.65. The van der Waals surface area contributed by atoms with Crippen LogP contribution in [0.4, 0.5) is 8.78 Å². The van der Waals surface area contributed by atoms with Crippen LogP contribution in [0.2, 0.25) is 0 Å². The summed E-state index contributed by atoms with van der Waals surface area (Å²) in [6, 6.07) is 3.29. The van der Waals surface area contributed by atoms with Gasteiger partial charge in [-0.15, -0.1) is 0 Å². The summed E-state index contributed by atoms with van der Waals surface area (Å²) in [6.07, 6.45) is 0. The fraction of sp³-hybridized carbons (Fsp3) is 0.538. The Morgan fingerprint density at radius 3 is 2.81 bits per heavy atom. The van der Waals surface area contributed by atoms with Crippen molar-refractivity contribution in [2.45, 2.75) is 17.5 Å². The van der Waals surface area contributed by atoms with Crippen molar-refractivity contribution < 1.29 is 21.9 Å². The maximum absolute atomic E-state index is 14.2. The Morgan fingerprint density at radius 1 is 1.43 bits per heavy atom. The van der Waals surface area contributed by atoms with Crippen LogP contribution in [0, 0.1) is 5.82 Å². The highest BCUT2D eigenvalue weighted by molar-refractivity contribution is 7.89. The minimum atomic E-state index is -3.90. The number of alkyl halides is 1. The molecule has 0 spiro atoms. The fourth-order valence-corrected chi connectivity index (χ4v) is 3.78. The van der Waals surface area contributed by atoms with E-state index in [4.69, 9.17) is 4.74 Å². The van der Waals surface area contributed by atoms with Crippen LogP contribution in [-0.2, 0) is 10.0 Å². The molecule has 0 bridgehead atoms. The van der Waals surface area contributed by atoms with E-state index in [0.29, 0.717) is 6.54 Å². The predicted molar refractivity (Wildman–Crippen MR) is 74.1 cm³/mol. The number of nitrogens with one attached hydrogen (secondary N) is 1. The van der Waals surface area contributed by atoms with Crippen molar-refractivity contribution in [3.63, 3.8) is 0 Å². The van der Waals surface area contributed by atoms with Crippen LogP contribution in [0.25, 0.3) is 0 Å². The first kappa shape index (κ1) is 16.1. The summed E-state index contributed by atoms with van der Waals surface area (Å²) < 4.78 is 58.5. The summed E-state index contributed by atoms with van der Waals surface area (Å²) >= 11 is 0. The van der Waals surface area contributed by atoms with Gasteiger partial charge in [-0.3, -0.25) is 0 Å². The number of sulfonamides is 1. The van der Waals surface area contributed by atoms with Crippen molar-refractivity contribution >= 4 is 10.0 Å². The van der Waals surface area contributed by atoms with Crippen molar-refractivity contribution in [3.8, 4) is 5.75 Å². The molecule has 1 saturated heterocycles. The van der Waals surface area contributed by atoms with Crippen molar-refractivity contribution in [1.82, 2.24) is 9.62 Å². The van der Waals surface area contributed by atoms with Crippen LogP contribution >= 0.6 is 0 Å². The Hall–Kier alpha value is -1.25. The molecule has 1 aromatic rings. The zero-order chi connectivity index (χ0) is 15.7. The topological polar surface area (TPSA) is 58.6 Å². The average Bonchev–Trinajstić information content (AvgIpc) is 2.60. The lowest BCUT2D eigenvalue weighted by Gasteiger charge is -2.25. The minimum absolute atomic E-state index is 0.0890. The molecule has 1 aliphatic heterocycles. The lowest BCUT2D eigenvalue weighted by atomic mass is 10.1. The lowest BCUT2D eigenvalue weighted by molar-refractivity contribution is 0.166. The van der Waals surface area contributed by atoms with Gasteiger partial charge in [-0.25, -0.2) is 17.2 Å². The van der Waals surface area contributed by atoms with Gasteiger partial charge < -0.3 is 10.1 Å². The van der Waals surface area contributed by atoms with E-state index in [2.05, 4.69) is 5.32 Å². The highest BCUT2D eigenvalue weighted by Gasteiger charge is 2.35. The number of ether oxygens (including phenoxy) is 1. The molecule has 0 saturated carbocycles. The molecule has 1 aromatic carbocycles. The molecule has 118 valence electrons. The number of nitrogens with zero attached hydrogens (tertiary/aromatic N) is 1. The Kier molecular flexibility index (Phi) is 4.50. The molecule has 0 aromatic heterocycles. The molecule has 1 fully saturated rings. The third kappa shape index (κ3) is 3.50. The molecule has 1 N–H and O–H groups in total. The molecular formula is C13H18F2N2O3S. The highest BCUT2D eigenvalue weighted by atomic mass is 32.2. The normalized spacial score (nSPS) is 24.6. The molecule has 0 radical (unpaired) electrons. The van der Waals surface area contributed by atoms with E-state index in [-0.39, 0.29) is 30.3 Å². The monoisotopic (exact) mass is 320 g/mol. The average molecular weight is 320 g/mol. The number of rotatable bonds is 3. The largest absolute Gasteiger partial charge is 0.494 e. The first-order chi connectivity index (χ1) is 9.76. The van der Waals surface area contributed by atoms with Crippen LogP contribution < -0.4 is 10.1 Å². The second-order valence-electron chi connectivity index (χ2n) is 5.23. The molecule has 1 unspecified atom stereocenters. The Morgan fingerprint density at radius 2 is 2.14 bits per heavy atom. The maximum Gasteiger partial charge on any atom is 0.243 e. The van der Waals surface area contributed by atoms with Crippen LogP contribution in [0.3, 0.4) is 0 Å². The SMILES string of the molecule is COc1cc(S(=O)(=O)N2CCNCC(C)(F)C2)ccc1F. The Labute approximate surface area is 122 Å². The van der Waals surface area contributed by atoms with Gasteiger partial charge in [-0.2, -0.15) is 4.31 Å². The van der Waals surface area contributed by atoms with Crippen molar-refractivity contribution in [2.24, 2.45) is 0 Å². The van der Waals surface area contributed by atoms with E-state index in [0.717, 1.165) is 22.5 Å². The molecule has 2 rings (SSSR count). The minimum Gasteiger partial charge on any atom is -0.494 e. The summed E-state index contributed by atoms with van der Waals surface area (Å²) in [5.74, 6) is -0.809. The van der Waals surface area contributed by atoms with E-state index >= 15 is 0 Å². The first-order valence-electron chi connectivity index (χ1n) is 6.50. The van der Waals surface area contributed by atoms with Gasteiger partial charge in [0.05, 0.1) is 12.0 Å². The van der Waals surface area contributed by atoms with Gasteiger partial charge in [-0.1, -0.05) is 0 Å². The van der Waals surface area contributed by atoms with Gasteiger partial charge in [0.25, 0.3) is 0 Å². The quantitative estimate of drug-likeness (QED) is 0.908. The van der Waals surface area contributed by atoms with Crippen LogP contribution in [0.15, 0.2) is 23.1 Å². The molecule has 1 aliphatic rings. The zero-order valence-corrected chi connectivity index (χ0v) is 12.7. The first-order valence-corrected chi connectivity index (χ1v) is 7.94. The van der Waals surface area contributed by atoms with Gasteiger partial charge in [-0.05, 0) is 19.1 Å². The summed E-state index contributed by atoms with van der Waals surface area (Å²) in [4.78, 5) is -0.113. The summed E-state index contributed by atoms with van der Waals surface area (Å²) in [6.45, 7) is 1.70.